The first kappa shape index (κ1) is 28.1. The average molecular weight is 531 g/mol. The highest BCUT2D eigenvalue weighted by atomic mass is 16.6. The van der Waals surface area contributed by atoms with Crippen LogP contribution in [-0.2, 0) is 23.9 Å². The van der Waals surface area contributed by atoms with Gasteiger partial charge in [-0.3, -0.25) is 14.5 Å². The number of hydrogen-bond acceptors (Lipinski definition) is 7. The summed E-state index contributed by atoms with van der Waals surface area (Å²) >= 11 is 0. The highest BCUT2D eigenvalue weighted by Crippen LogP contribution is 2.68. The monoisotopic (exact) mass is 530 g/mol. The van der Waals surface area contributed by atoms with Crippen molar-refractivity contribution in [1.82, 2.24) is 9.80 Å². The Morgan fingerprint density at radius 2 is 1.53 bits per heavy atom. The van der Waals surface area contributed by atoms with Gasteiger partial charge < -0.3 is 14.4 Å². The molecule has 1 saturated heterocycles. The summed E-state index contributed by atoms with van der Waals surface area (Å²) in [5, 5.41) is 0. The first-order valence-electron chi connectivity index (χ1n) is 15.2. The van der Waals surface area contributed by atoms with E-state index in [0.717, 1.165) is 57.8 Å². The van der Waals surface area contributed by atoms with Crippen molar-refractivity contribution in [3.8, 4) is 0 Å². The molecular weight excluding hydrogens is 480 g/mol. The summed E-state index contributed by atoms with van der Waals surface area (Å²) in [7, 11) is 2.08. The lowest BCUT2D eigenvalue weighted by Gasteiger charge is -2.62. The molecule has 5 fully saturated rings. The maximum absolute atomic E-state index is 12.7. The van der Waals surface area contributed by atoms with Gasteiger partial charge in [0.05, 0.1) is 6.54 Å². The molecule has 1 aliphatic heterocycles. The van der Waals surface area contributed by atoms with Crippen molar-refractivity contribution in [2.75, 3.05) is 46.4 Å². The zero-order valence-corrected chi connectivity index (χ0v) is 24.4. The van der Waals surface area contributed by atoms with E-state index in [4.69, 9.17) is 9.47 Å². The largest absolute Gasteiger partial charge is 0.457 e. The fourth-order valence-electron chi connectivity index (χ4n) is 9.86. The zero-order valence-electron chi connectivity index (χ0n) is 24.4. The molecule has 4 saturated carbocycles. The van der Waals surface area contributed by atoms with Gasteiger partial charge in [0.1, 0.15) is 11.4 Å². The molecule has 4 aliphatic carbocycles. The van der Waals surface area contributed by atoms with Gasteiger partial charge in [0.2, 0.25) is 0 Å². The van der Waals surface area contributed by atoms with Gasteiger partial charge in [-0.1, -0.05) is 13.8 Å². The second-order valence-electron chi connectivity index (χ2n) is 14.3. The van der Waals surface area contributed by atoms with E-state index in [-0.39, 0.29) is 35.9 Å². The minimum absolute atomic E-state index is 0.191. The van der Waals surface area contributed by atoms with Gasteiger partial charge in [-0.15, -0.1) is 0 Å². The molecule has 0 bridgehead atoms. The molecule has 0 radical (unpaired) electrons. The second kappa shape index (κ2) is 10.5. The zero-order chi connectivity index (χ0) is 27.3. The van der Waals surface area contributed by atoms with Gasteiger partial charge >= 0.3 is 11.9 Å². The number of esters is 2. The lowest BCUT2D eigenvalue weighted by molar-refractivity contribution is -0.186. The van der Waals surface area contributed by atoms with Crippen LogP contribution in [0.4, 0.5) is 0 Å². The van der Waals surface area contributed by atoms with Crippen LogP contribution in [0.5, 0.6) is 0 Å². The van der Waals surface area contributed by atoms with Crippen LogP contribution in [0.15, 0.2) is 0 Å². The minimum atomic E-state index is -0.492. The van der Waals surface area contributed by atoms with Gasteiger partial charge in [0.15, 0.2) is 6.61 Å². The Balaban J connectivity index is 1.14. The maximum atomic E-state index is 12.7. The van der Waals surface area contributed by atoms with Gasteiger partial charge in [-0.05, 0) is 113 Å². The van der Waals surface area contributed by atoms with Gasteiger partial charge in [-0.2, -0.15) is 0 Å². The normalized spacial score (nSPS) is 43.4. The van der Waals surface area contributed by atoms with E-state index < -0.39 is 11.6 Å². The molecule has 0 amide bonds. The number of carbonyl (C=O) groups is 3. The minimum Gasteiger partial charge on any atom is -0.457 e. The molecule has 8 atom stereocenters. The number of Topliss-reactive ketones (excluding diaryl/α,β-unsaturated/α-hetero) is 1. The molecule has 7 heteroatoms. The second-order valence-corrected chi connectivity index (χ2v) is 14.3. The van der Waals surface area contributed by atoms with E-state index >= 15 is 0 Å². The Bertz CT molecular complexity index is 931. The summed E-state index contributed by atoms with van der Waals surface area (Å²) in [5.41, 5.74) is -0.0234. The quantitative estimate of drug-likeness (QED) is 0.473. The predicted molar refractivity (Wildman–Crippen MR) is 145 cm³/mol. The highest BCUT2D eigenvalue weighted by molar-refractivity contribution is 5.79. The van der Waals surface area contributed by atoms with E-state index in [2.05, 4.69) is 37.6 Å². The molecule has 214 valence electrons. The van der Waals surface area contributed by atoms with E-state index in [0.29, 0.717) is 23.5 Å². The molecule has 38 heavy (non-hydrogen) atoms. The Morgan fingerprint density at radius 3 is 2.24 bits per heavy atom. The van der Waals surface area contributed by atoms with E-state index in [1.807, 2.05) is 0 Å². The van der Waals surface area contributed by atoms with Crippen molar-refractivity contribution >= 4 is 17.7 Å². The summed E-state index contributed by atoms with van der Waals surface area (Å²) in [5.74, 6) is 2.54. The van der Waals surface area contributed by atoms with Crippen LogP contribution in [0.2, 0.25) is 0 Å². The van der Waals surface area contributed by atoms with Crippen molar-refractivity contribution in [3.05, 3.63) is 0 Å². The molecule has 0 spiro atoms. The third-order valence-electron chi connectivity index (χ3n) is 12.1. The molecule has 5 aliphatic rings. The molecule has 7 nitrogen and oxygen atoms in total. The first-order chi connectivity index (χ1) is 17.9. The fourth-order valence-corrected chi connectivity index (χ4v) is 9.86. The van der Waals surface area contributed by atoms with Crippen LogP contribution in [0, 0.1) is 40.4 Å². The van der Waals surface area contributed by atoms with Gasteiger partial charge in [0, 0.05) is 32.1 Å². The lowest BCUT2D eigenvalue weighted by atomic mass is 9.44. The molecular formula is C31H50N2O5. The standard InChI is InChI=1S/C31H50N2O5/c1-21(34)24-8-9-25-23-7-6-22-18-29(2,12-13-30(22,3)26(23)10-11-31(24,25)4)38-28(36)20-37-27(35)19-33-16-14-32(5)15-17-33/h22-26H,6-20H2,1-5H3/t22-,23-,24+,25-,26-,29+,30-,31+/m0/s1. The Hall–Kier alpha value is -1.47. The average Bonchev–Trinajstić information content (AvgIpc) is 3.22. The van der Waals surface area contributed by atoms with Crippen LogP contribution in [0.3, 0.4) is 0 Å². The van der Waals surface area contributed by atoms with Crippen molar-refractivity contribution < 1.29 is 23.9 Å². The smallest absolute Gasteiger partial charge is 0.344 e. The third-order valence-corrected chi connectivity index (χ3v) is 12.1. The molecule has 0 unspecified atom stereocenters. The van der Waals surface area contributed by atoms with Crippen molar-refractivity contribution in [2.45, 2.75) is 91.1 Å². The number of carbonyl (C=O) groups excluding carboxylic acids is 3. The van der Waals surface area contributed by atoms with E-state index in [1.54, 1.807) is 6.92 Å². The number of rotatable bonds is 6. The Kier molecular flexibility index (Phi) is 7.75. The first-order valence-corrected chi connectivity index (χ1v) is 15.2. The molecule has 0 aromatic carbocycles. The summed E-state index contributed by atoms with van der Waals surface area (Å²) < 4.78 is 11.3. The summed E-state index contributed by atoms with van der Waals surface area (Å²) in [6.07, 6.45) is 9.95. The van der Waals surface area contributed by atoms with Crippen LogP contribution in [0.1, 0.15) is 85.5 Å². The van der Waals surface area contributed by atoms with Crippen molar-refractivity contribution in [3.63, 3.8) is 0 Å². The molecule has 5 rings (SSSR count). The van der Waals surface area contributed by atoms with E-state index in [1.165, 1.54) is 32.1 Å². The van der Waals surface area contributed by atoms with Gasteiger partial charge in [-0.25, -0.2) is 4.79 Å². The number of nitrogens with zero attached hydrogens (tertiary/aromatic N) is 2. The van der Waals surface area contributed by atoms with Crippen LogP contribution in [0.25, 0.3) is 0 Å². The van der Waals surface area contributed by atoms with Crippen LogP contribution in [-0.4, -0.2) is 79.5 Å². The topological polar surface area (TPSA) is 76.2 Å². The number of hydrogen-bond donors (Lipinski definition) is 0. The number of ether oxygens (including phenoxy) is 2. The molecule has 0 aromatic heterocycles. The number of ketones is 1. The Morgan fingerprint density at radius 1 is 0.816 bits per heavy atom. The van der Waals surface area contributed by atoms with Crippen LogP contribution >= 0.6 is 0 Å². The SMILES string of the molecule is CC(=O)[C@H]1CC[C@H]2[C@@H]3CC[C@H]4C[C@](C)(OC(=O)COC(=O)CN5CCN(C)CC5)CC[C@]4(C)[C@H]3CC[C@]12C. The van der Waals surface area contributed by atoms with Crippen molar-refractivity contribution in [2.24, 2.45) is 40.4 Å². The highest BCUT2D eigenvalue weighted by Gasteiger charge is 2.61. The van der Waals surface area contributed by atoms with Crippen LogP contribution < -0.4 is 0 Å². The van der Waals surface area contributed by atoms with Gasteiger partial charge in [0.25, 0.3) is 0 Å². The van der Waals surface area contributed by atoms with E-state index in [9.17, 15) is 14.4 Å². The molecule has 0 aromatic rings. The Labute approximate surface area is 229 Å². The van der Waals surface area contributed by atoms with Crippen molar-refractivity contribution in [1.29, 1.82) is 0 Å². The maximum Gasteiger partial charge on any atom is 0.344 e. The summed E-state index contributed by atoms with van der Waals surface area (Å²) in [4.78, 5) is 41.8. The number of likely N-dealkylation sites (N-methyl/N-ethyl adjacent to an activating group) is 1. The fraction of sp³-hybridized carbons (Fsp3) is 0.903. The molecule has 1 heterocycles. The third kappa shape index (κ3) is 5.18. The number of piperazine rings is 1. The molecule has 0 N–H and O–H groups in total. The predicted octanol–water partition coefficient (Wildman–Crippen LogP) is 4.33. The lowest BCUT2D eigenvalue weighted by Crippen LogP contribution is -2.56. The summed E-state index contributed by atoms with van der Waals surface area (Å²) in [6, 6.07) is 0. The summed E-state index contributed by atoms with van der Waals surface area (Å²) in [6.45, 7) is 12.3. The number of fused-ring (bicyclic) bond motifs is 5.